The summed E-state index contributed by atoms with van der Waals surface area (Å²) in [7, 11) is 2.92. The largest absolute Gasteiger partial charge is 0.478 e. The number of amides is 1. The number of carbonyl (C=O) groups is 2. The van der Waals surface area contributed by atoms with Gasteiger partial charge in [-0.25, -0.2) is 19.4 Å². The van der Waals surface area contributed by atoms with E-state index >= 15 is 0 Å². The molecule has 0 radical (unpaired) electrons. The Kier molecular flexibility index (Phi) is 10.4. The van der Waals surface area contributed by atoms with Crippen LogP contribution < -0.4 is 26.2 Å². The molecule has 2 aromatic heterocycles. The van der Waals surface area contributed by atoms with E-state index < -0.39 is 23.5 Å². The number of aryl methyl sites for hydroxylation is 1. The molecule has 12 nitrogen and oxygen atoms in total. The average molecular weight is 679 g/mol. The van der Waals surface area contributed by atoms with Crippen LogP contribution in [0.4, 0.5) is 11.5 Å². The lowest BCUT2D eigenvalue weighted by atomic mass is 10.0. The Morgan fingerprint density at radius 2 is 1.85 bits per heavy atom. The van der Waals surface area contributed by atoms with E-state index in [1.165, 1.54) is 32.6 Å². The Morgan fingerprint density at radius 3 is 2.55 bits per heavy atom. The monoisotopic (exact) mass is 677 g/mol. The van der Waals surface area contributed by atoms with Gasteiger partial charge in [0.25, 0.3) is 17.3 Å². The maximum Gasteiger partial charge on any atom is 0.328 e. The van der Waals surface area contributed by atoms with Crippen molar-refractivity contribution < 1.29 is 19.1 Å². The minimum atomic E-state index is -0.698. The van der Waals surface area contributed by atoms with E-state index in [-0.39, 0.29) is 34.9 Å². The second-order valence-electron chi connectivity index (χ2n) is 10.7. The van der Waals surface area contributed by atoms with Gasteiger partial charge >= 0.3 is 5.97 Å². The molecule has 1 amide bonds. The smallest absolute Gasteiger partial charge is 0.328 e. The van der Waals surface area contributed by atoms with Crippen molar-refractivity contribution in [3.05, 3.63) is 93.1 Å². The maximum absolute atomic E-state index is 12.9. The van der Waals surface area contributed by atoms with Crippen molar-refractivity contribution in [2.45, 2.75) is 38.3 Å². The van der Waals surface area contributed by atoms with E-state index in [0.717, 1.165) is 23.2 Å². The zero-order chi connectivity index (χ0) is 33.7. The minimum Gasteiger partial charge on any atom is -0.478 e. The predicted molar refractivity (Wildman–Crippen MR) is 181 cm³/mol. The molecule has 2 atom stereocenters. The lowest BCUT2D eigenvalue weighted by Gasteiger charge is -2.22. The van der Waals surface area contributed by atoms with Gasteiger partial charge in [0.05, 0.1) is 41.3 Å². The summed E-state index contributed by atoms with van der Waals surface area (Å²) < 4.78 is 11.9. The first-order chi connectivity index (χ1) is 22.6. The standard InChI is InChI=1S/C33H33Cl2N7O5/c1-5-47-33(45)25(16-19-13-12-18(2)38-19)39-29-31(46-4)41-26(17-36-29)22-10-6-8-20(27(22)34)21-9-7-11-24(28(21)35)40-30(43)23-14-15-37-42(3)32(23)44/h6-11,14-15,17,19,25,38H,2,5,12-13,16H2,1,3-4H3,(H,36,39)(H,40,43)/t19-,25?/m0/s1. The van der Waals surface area contributed by atoms with Gasteiger partial charge in [-0.05, 0) is 38.3 Å². The molecular weight excluding hydrogens is 645 g/mol. The second-order valence-corrected chi connectivity index (χ2v) is 11.5. The van der Waals surface area contributed by atoms with Crippen LogP contribution in [-0.4, -0.2) is 57.4 Å². The van der Waals surface area contributed by atoms with Crippen LogP contribution in [-0.2, 0) is 16.6 Å². The predicted octanol–water partition coefficient (Wildman–Crippen LogP) is 5.47. The van der Waals surface area contributed by atoms with Crippen LogP contribution in [0.5, 0.6) is 5.88 Å². The molecule has 14 heteroatoms. The van der Waals surface area contributed by atoms with Gasteiger partial charge in [0.15, 0.2) is 5.82 Å². The number of hydrogen-bond acceptors (Lipinski definition) is 10. The van der Waals surface area contributed by atoms with E-state index in [0.29, 0.717) is 39.5 Å². The van der Waals surface area contributed by atoms with Gasteiger partial charge in [0, 0.05) is 41.7 Å². The molecule has 2 aromatic carbocycles. The van der Waals surface area contributed by atoms with Crippen LogP contribution >= 0.6 is 23.2 Å². The van der Waals surface area contributed by atoms with E-state index in [1.807, 2.05) is 0 Å². The van der Waals surface area contributed by atoms with Crippen molar-refractivity contribution in [2.24, 2.45) is 7.05 Å². The topological polar surface area (TPSA) is 149 Å². The summed E-state index contributed by atoms with van der Waals surface area (Å²) in [6.45, 7) is 5.97. The zero-order valence-electron chi connectivity index (χ0n) is 26.0. The highest BCUT2D eigenvalue weighted by Crippen LogP contribution is 2.41. The highest BCUT2D eigenvalue weighted by atomic mass is 35.5. The van der Waals surface area contributed by atoms with Gasteiger partial charge in [-0.3, -0.25) is 9.59 Å². The van der Waals surface area contributed by atoms with Gasteiger partial charge in [-0.1, -0.05) is 60.1 Å². The fourth-order valence-corrected chi connectivity index (χ4v) is 5.85. The Morgan fingerprint density at radius 1 is 1.13 bits per heavy atom. The number of carbonyl (C=O) groups excluding carboxylic acids is 2. The average Bonchev–Trinajstić information content (AvgIpc) is 3.47. The molecule has 47 heavy (non-hydrogen) atoms. The number of aromatic nitrogens is 4. The Bertz CT molecular complexity index is 1900. The lowest BCUT2D eigenvalue weighted by Crippen LogP contribution is -2.37. The quantitative estimate of drug-likeness (QED) is 0.174. The fraction of sp³-hybridized carbons (Fsp3) is 0.273. The Hall–Kier alpha value is -4.94. The number of anilines is 2. The van der Waals surface area contributed by atoms with Crippen molar-refractivity contribution in [3.8, 4) is 28.3 Å². The molecule has 0 aliphatic carbocycles. The van der Waals surface area contributed by atoms with Crippen LogP contribution in [0.3, 0.4) is 0 Å². The zero-order valence-corrected chi connectivity index (χ0v) is 27.5. The first-order valence-electron chi connectivity index (χ1n) is 14.8. The molecule has 0 saturated carbocycles. The highest BCUT2D eigenvalue weighted by molar-refractivity contribution is 6.39. The summed E-state index contributed by atoms with van der Waals surface area (Å²) >= 11 is 13.7. The summed E-state index contributed by atoms with van der Waals surface area (Å²) in [5.74, 6) is -0.604. The molecule has 0 spiro atoms. The molecule has 3 N–H and O–H groups in total. The molecule has 244 valence electrons. The summed E-state index contributed by atoms with van der Waals surface area (Å²) in [5.41, 5.74) is 2.67. The van der Waals surface area contributed by atoms with Crippen LogP contribution in [0.25, 0.3) is 22.4 Å². The SMILES string of the molecule is C=C1CC[C@@H](CC(Nc2ncc(-c3cccc(-c4cccc(NC(=O)c5ccnn(C)c5=O)c4Cl)c3Cl)nc2OC)C(=O)OCC)N1. The van der Waals surface area contributed by atoms with Crippen LogP contribution in [0.15, 0.2) is 71.9 Å². The normalized spacial score (nSPS) is 14.7. The number of methoxy groups -OCH3 is 1. The number of nitrogens with one attached hydrogen (secondary N) is 3. The summed E-state index contributed by atoms with van der Waals surface area (Å²) in [5, 5.41) is 13.6. The Balaban J connectivity index is 1.42. The number of hydrogen-bond donors (Lipinski definition) is 3. The van der Waals surface area contributed by atoms with Crippen molar-refractivity contribution in [1.29, 1.82) is 0 Å². The number of rotatable bonds is 11. The number of allylic oxidation sites excluding steroid dienone is 1. The summed E-state index contributed by atoms with van der Waals surface area (Å²) in [6, 6.07) is 11.2. The minimum absolute atomic E-state index is 0.0609. The molecule has 1 aliphatic rings. The van der Waals surface area contributed by atoms with E-state index in [4.69, 9.17) is 32.7 Å². The third kappa shape index (κ3) is 7.39. The van der Waals surface area contributed by atoms with Gasteiger partial charge in [0.2, 0.25) is 0 Å². The van der Waals surface area contributed by atoms with E-state index in [2.05, 4.69) is 37.6 Å². The molecule has 1 aliphatic heterocycles. The van der Waals surface area contributed by atoms with Gasteiger partial charge in [-0.2, -0.15) is 5.10 Å². The molecule has 0 bridgehead atoms. The lowest BCUT2D eigenvalue weighted by molar-refractivity contribution is -0.144. The number of halogens is 2. The third-order valence-electron chi connectivity index (χ3n) is 7.60. The van der Waals surface area contributed by atoms with Crippen LogP contribution in [0.2, 0.25) is 10.0 Å². The molecule has 5 rings (SSSR count). The molecule has 1 unspecified atom stereocenters. The molecule has 3 heterocycles. The van der Waals surface area contributed by atoms with Crippen molar-refractivity contribution in [3.63, 3.8) is 0 Å². The van der Waals surface area contributed by atoms with Gasteiger partial charge in [0.1, 0.15) is 11.6 Å². The fourth-order valence-electron chi connectivity index (χ4n) is 5.25. The molecule has 1 fully saturated rings. The molecule has 1 saturated heterocycles. The van der Waals surface area contributed by atoms with Crippen molar-refractivity contribution in [1.82, 2.24) is 25.1 Å². The first kappa shape index (κ1) is 33.4. The molecular formula is C33H33Cl2N7O5. The van der Waals surface area contributed by atoms with E-state index in [9.17, 15) is 14.4 Å². The number of ether oxygens (including phenoxy) is 2. The summed E-state index contributed by atoms with van der Waals surface area (Å²) in [6.07, 6.45) is 5.05. The van der Waals surface area contributed by atoms with E-state index in [1.54, 1.807) is 43.3 Å². The number of benzene rings is 2. The summed E-state index contributed by atoms with van der Waals surface area (Å²) in [4.78, 5) is 47.3. The molecule has 4 aromatic rings. The number of nitrogens with zero attached hydrogens (tertiary/aromatic N) is 4. The van der Waals surface area contributed by atoms with Crippen molar-refractivity contribution >= 4 is 46.6 Å². The third-order valence-corrected chi connectivity index (χ3v) is 8.42. The Labute approximate surface area is 281 Å². The van der Waals surface area contributed by atoms with Crippen molar-refractivity contribution in [2.75, 3.05) is 24.4 Å². The maximum atomic E-state index is 12.9. The van der Waals surface area contributed by atoms with Crippen LogP contribution in [0, 0.1) is 0 Å². The number of esters is 1. The van der Waals surface area contributed by atoms with Gasteiger partial charge < -0.3 is 25.4 Å². The highest BCUT2D eigenvalue weighted by Gasteiger charge is 2.29. The first-order valence-corrected chi connectivity index (χ1v) is 15.6. The van der Waals surface area contributed by atoms with Crippen LogP contribution in [0.1, 0.15) is 36.5 Å². The van der Waals surface area contributed by atoms with Gasteiger partial charge in [-0.15, -0.1) is 0 Å². The second kappa shape index (κ2) is 14.7.